The first-order valence-electron chi connectivity index (χ1n) is 7.42. The molecule has 4 aliphatic rings. The molecule has 0 aliphatic heterocycles. The second-order valence-electron chi connectivity index (χ2n) is 6.65. The molecule has 3 heteroatoms. The van der Waals surface area contributed by atoms with Gasteiger partial charge in [-0.2, -0.15) is 0 Å². The van der Waals surface area contributed by atoms with Crippen LogP contribution in [0.3, 0.4) is 0 Å². The summed E-state index contributed by atoms with van der Waals surface area (Å²) in [6, 6.07) is 0. The Balaban J connectivity index is 1.60. The molecule has 4 fully saturated rings. The summed E-state index contributed by atoms with van der Waals surface area (Å²) in [5, 5.41) is 6.82. The largest absolute Gasteiger partial charge is 0.314 e. The van der Waals surface area contributed by atoms with Gasteiger partial charge in [0.05, 0.1) is 5.69 Å². The number of hydrogen-bond acceptors (Lipinski definition) is 3. The summed E-state index contributed by atoms with van der Waals surface area (Å²) in [6.45, 7) is 0.929. The molecule has 0 aromatic carbocycles. The van der Waals surface area contributed by atoms with E-state index in [1.54, 1.807) is 6.42 Å². The third-order valence-corrected chi connectivity index (χ3v) is 6.33. The molecule has 0 atom stereocenters. The van der Waals surface area contributed by atoms with E-state index < -0.39 is 0 Å². The minimum atomic E-state index is 0.805. The van der Waals surface area contributed by atoms with Crippen molar-refractivity contribution in [1.29, 1.82) is 0 Å². The predicted octanol–water partition coefficient (Wildman–Crippen LogP) is 3.40. The topological polar surface area (TPSA) is 24.9 Å². The fourth-order valence-corrected chi connectivity index (χ4v) is 5.97. The molecule has 4 aliphatic carbocycles. The van der Waals surface area contributed by atoms with E-state index in [0.717, 1.165) is 36.1 Å². The van der Waals surface area contributed by atoms with Gasteiger partial charge in [0.1, 0.15) is 5.01 Å². The molecule has 0 saturated heterocycles. The van der Waals surface area contributed by atoms with Crippen molar-refractivity contribution in [2.45, 2.75) is 44.6 Å². The first-order chi connectivity index (χ1) is 8.83. The Labute approximate surface area is 113 Å². The van der Waals surface area contributed by atoms with Crippen LogP contribution in [0.15, 0.2) is 5.38 Å². The van der Waals surface area contributed by atoms with E-state index in [9.17, 15) is 0 Å². The fraction of sp³-hybridized carbons (Fsp3) is 0.800. The molecule has 0 unspecified atom stereocenters. The van der Waals surface area contributed by atoms with Crippen LogP contribution in [-0.2, 0) is 6.54 Å². The molecule has 0 radical (unpaired) electrons. The van der Waals surface area contributed by atoms with Gasteiger partial charge in [-0.15, -0.1) is 11.3 Å². The minimum absolute atomic E-state index is 0.805. The van der Waals surface area contributed by atoms with Gasteiger partial charge in [0, 0.05) is 17.8 Å². The zero-order valence-corrected chi connectivity index (χ0v) is 11.9. The van der Waals surface area contributed by atoms with Gasteiger partial charge in [-0.1, -0.05) is 0 Å². The van der Waals surface area contributed by atoms with Gasteiger partial charge in [0.15, 0.2) is 0 Å². The summed E-state index contributed by atoms with van der Waals surface area (Å²) in [5.41, 5.74) is 1.43. The van der Waals surface area contributed by atoms with Crippen LogP contribution in [0.5, 0.6) is 0 Å². The average molecular weight is 262 g/mol. The monoisotopic (exact) mass is 262 g/mol. The number of thiazole rings is 1. The average Bonchev–Trinajstić information content (AvgIpc) is 2.76. The number of rotatable bonds is 3. The van der Waals surface area contributed by atoms with Crippen LogP contribution in [0, 0.1) is 23.7 Å². The quantitative estimate of drug-likeness (QED) is 0.903. The van der Waals surface area contributed by atoms with Crippen LogP contribution in [-0.4, -0.2) is 12.0 Å². The highest BCUT2D eigenvalue weighted by Gasteiger charge is 2.49. The summed E-state index contributed by atoms with van der Waals surface area (Å²) in [7, 11) is 2.00. The molecular weight excluding hydrogens is 240 g/mol. The standard InChI is InChI=1S/C15H22N2S/c1-16-7-14-17-13(8-18-14)15-11-3-9-2-10(5-11)6-12(15)4-9/h8-12,15-16H,2-7H2,1H3. The molecular formula is C15H22N2S. The highest BCUT2D eigenvalue weighted by molar-refractivity contribution is 7.09. The molecule has 18 heavy (non-hydrogen) atoms. The Hall–Kier alpha value is -0.410. The SMILES string of the molecule is CNCc1nc(C2C3CC4CC(C3)CC2C4)cs1. The molecule has 0 spiro atoms. The van der Waals surface area contributed by atoms with Gasteiger partial charge in [-0.3, -0.25) is 0 Å². The molecule has 1 aromatic heterocycles. The molecule has 1 N–H and O–H groups in total. The number of nitrogens with one attached hydrogen (secondary N) is 1. The van der Waals surface area contributed by atoms with Crippen LogP contribution < -0.4 is 5.32 Å². The number of aromatic nitrogens is 1. The smallest absolute Gasteiger partial charge is 0.107 e. The van der Waals surface area contributed by atoms with Gasteiger partial charge in [-0.05, 0) is 62.8 Å². The molecule has 98 valence electrons. The third-order valence-electron chi connectivity index (χ3n) is 5.47. The van der Waals surface area contributed by atoms with Crippen molar-refractivity contribution >= 4 is 11.3 Å². The van der Waals surface area contributed by atoms with Crippen molar-refractivity contribution in [2.75, 3.05) is 7.05 Å². The van der Waals surface area contributed by atoms with E-state index in [-0.39, 0.29) is 0 Å². The molecule has 0 amide bonds. The summed E-state index contributed by atoms with van der Waals surface area (Å²) in [5.74, 6) is 4.87. The summed E-state index contributed by atoms with van der Waals surface area (Å²) in [6.07, 6.45) is 7.53. The Morgan fingerprint density at radius 2 is 1.83 bits per heavy atom. The van der Waals surface area contributed by atoms with Gasteiger partial charge in [-0.25, -0.2) is 4.98 Å². The normalized spacial score (nSPS) is 41.5. The third kappa shape index (κ3) is 1.75. The maximum absolute atomic E-state index is 4.90. The number of nitrogens with zero attached hydrogens (tertiary/aromatic N) is 1. The van der Waals surface area contributed by atoms with Crippen molar-refractivity contribution in [3.8, 4) is 0 Å². The second-order valence-corrected chi connectivity index (χ2v) is 7.60. The lowest BCUT2D eigenvalue weighted by Crippen LogP contribution is -2.43. The Morgan fingerprint density at radius 1 is 1.17 bits per heavy atom. The van der Waals surface area contributed by atoms with Crippen molar-refractivity contribution in [2.24, 2.45) is 23.7 Å². The number of hydrogen-bond donors (Lipinski definition) is 1. The zero-order valence-electron chi connectivity index (χ0n) is 11.1. The Morgan fingerprint density at radius 3 is 2.44 bits per heavy atom. The summed E-state index contributed by atoms with van der Waals surface area (Å²) in [4.78, 5) is 4.90. The first-order valence-corrected chi connectivity index (χ1v) is 8.30. The molecule has 4 bridgehead atoms. The summed E-state index contributed by atoms with van der Waals surface area (Å²) < 4.78 is 0. The van der Waals surface area contributed by atoms with Crippen molar-refractivity contribution in [3.63, 3.8) is 0 Å². The van der Waals surface area contributed by atoms with Crippen LogP contribution in [0.25, 0.3) is 0 Å². The highest BCUT2D eigenvalue weighted by atomic mass is 32.1. The lowest BCUT2D eigenvalue weighted by molar-refractivity contribution is -0.00400. The highest BCUT2D eigenvalue weighted by Crippen LogP contribution is 2.59. The van der Waals surface area contributed by atoms with Gasteiger partial charge < -0.3 is 5.32 Å². The summed E-state index contributed by atoms with van der Waals surface area (Å²) >= 11 is 1.84. The molecule has 4 saturated carbocycles. The fourth-order valence-electron chi connectivity index (χ4n) is 5.12. The van der Waals surface area contributed by atoms with Crippen molar-refractivity contribution < 1.29 is 0 Å². The minimum Gasteiger partial charge on any atom is -0.314 e. The van der Waals surface area contributed by atoms with Gasteiger partial charge in [0.2, 0.25) is 0 Å². The maximum Gasteiger partial charge on any atom is 0.107 e. The van der Waals surface area contributed by atoms with E-state index in [1.165, 1.54) is 36.4 Å². The van der Waals surface area contributed by atoms with Gasteiger partial charge in [0.25, 0.3) is 0 Å². The lowest BCUT2D eigenvalue weighted by Gasteiger charge is -2.54. The first kappa shape index (κ1) is 11.4. The second kappa shape index (κ2) is 4.31. The van der Waals surface area contributed by atoms with E-state index in [0.29, 0.717) is 0 Å². The predicted molar refractivity (Wildman–Crippen MR) is 74.7 cm³/mol. The van der Waals surface area contributed by atoms with Crippen molar-refractivity contribution in [1.82, 2.24) is 10.3 Å². The molecule has 1 aromatic rings. The lowest BCUT2D eigenvalue weighted by atomic mass is 9.51. The van der Waals surface area contributed by atoms with Crippen molar-refractivity contribution in [3.05, 3.63) is 16.1 Å². The van der Waals surface area contributed by atoms with E-state index in [1.807, 2.05) is 18.4 Å². The van der Waals surface area contributed by atoms with Crippen LogP contribution >= 0.6 is 11.3 Å². The molecule has 1 heterocycles. The van der Waals surface area contributed by atoms with Crippen LogP contribution in [0.4, 0.5) is 0 Å². The van der Waals surface area contributed by atoms with Crippen LogP contribution in [0.2, 0.25) is 0 Å². The Kier molecular flexibility index (Phi) is 2.73. The maximum atomic E-state index is 4.90. The molecule has 5 rings (SSSR count). The Bertz CT molecular complexity index is 411. The van der Waals surface area contributed by atoms with Crippen LogP contribution in [0.1, 0.15) is 48.7 Å². The molecule has 2 nitrogen and oxygen atoms in total. The van der Waals surface area contributed by atoms with E-state index >= 15 is 0 Å². The van der Waals surface area contributed by atoms with Gasteiger partial charge >= 0.3 is 0 Å². The van der Waals surface area contributed by atoms with E-state index in [2.05, 4.69) is 10.7 Å². The zero-order chi connectivity index (χ0) is 12.1. The van der Waals surface area contributed by atoms with E-state index in [4.69, 9.17) is 4.98 Å².